The van der Waals surface area contributed by atoms with Crippen LogP contribution in [0, 0.1) is 0 Å². The van der Waals surface area contributed by atoms with Crippen molar-refractivity contribution in [1.29, 1.82) is 0 Å². The lowest BCUT2D eigenvalue weighted by atomic mass is 10.1. The number of nitrogens with one attached hydrogen (secondary N) is 1. The number of ether oxygens (including phenoxy) is 1. The van der Waals surface area contributed by atoms with Crippen LogP contribution < -0.4 is 10.1 Å². The van der Waals surface area contributed by atoms with E-state index in [1.165, 1.54) is 0 Å². The van der Waals surface area contributed by atoms with Crippen LogP contribution in [0.15, 0.2) is 78.9 Å². The SMILES string of the molecule is O=C(CNc1cccc(CO)c1)c1ccc(Oc2ccccc2)cc1. The van der Waals surface area contributed by atoms with E-state index in [0.29, 0.717) is 11.3 Å². The van der Waals surface area contributed by atoms with Gasteiger partial charge in [-0.3, -0.25) is 4.79 Å². The summed E-state index contributed by atoms with van der Waals surface area (Å²) in [6.45, 7) is 0.167. The first-order valence-electron chi connectivity index (χ1n) is 8.04. The highest BCUT2D eigenvalue weighted by atomic mass is 16.5. The average molecular weight is 333 g/mol. The number of aliphatic hydroxyl groups excluding tert-OH is 1. The lowest BCUT2D eigenvalue weighted by Gasteiger charge is -2.08. The van der Waals surface area contributed by atoms with E-state index in [9.17, 15) is 4.79 Å². The number of carbonyl (C=O) groups excluding carboxylic acids is 1. The maximum absolute atomic E-state index is 12.3. The summed E-state index contributed by atoms with van der Waals surface area (Å²) in [7, 11) is 0. The van der Waals surface area contributed by atoms with Crippen molar-refractivity contribution in [2.75, 3.05) is 11.9 Å². The molecule has 3 aromatic rings. The molecule has 25 heavy (non-hydrogen) atoms. The predicted molar refractivity (Wildman–Crippen MR) is 98.1 cm³/mol. The minimum absolute atomic E-state index is 0.0133. The largest absolute Gasteiger partial charge is 0.457 e. The van der Waals surface area contributed by atoms with Crippen LogP contribution in [0.4, 0.5) is 5.69 Å². The molecule has 0 aliphatic rings. The summed E-state index contributed by atoms with van der Waals surface area (Å²) in [5.74, 6) is 1.43. The Morgan fingerprint density at radius 1 is 0.880 bits per heavy atom. The Kier molecular flexibility index (Phi) is 5.44. The van der Waals surface area contributed by atoms with Crippen LogP contribution >= 0.6 is 0 Å². The Labute approximate surface area is 146 Å². The maximum atomic E-state index is 12.3. The van der Waals surface area contributed by atoms with Crippen LogP contribution in [0.5, 0.6) is 11.5 Å². The fourth-order valence-corrected chi connectivity index (χ4v) is 2.40. The molecule has 0 heterocycles. The van der Waals surface area contributed by atoms with Gasteiger partial charge in [0.25, 0.3) is 0 Å². The van der Waals surface area contributed by atoms with Gasteiger partial charge >= 0.3 is 0 Å². The smallest absolute Gasteiger partial charge is 0.181 e. The highest BCUT2D eigenvalue weighted by Crippen LogP contribution is 2.21. The summed E-state index contributed by atoms with van der Waals surface area (Å²) in [6, 6.07) is 23.9. The Hall–Kier alpha value is -3.11. The predicted octanol–water partition coefficient (Wildman–Crippen LogP) is 4.27. The van der Waals surface area contributed by atoms with Crippen LogP contribution in [0.3, 0.4) is 0 Å². The van der Waals surface area contributed by atoms with Gasteiger partial charge in [-0.25, -0.2) is 0 Å². The van der Waals surface area contributed by atoms with E-state index in [1.807, 2.05) is 54.6 Å². The van der Waals surface area contributed by atoms with Gasteiger partial charge in [0.2, 0.25) is 0 Å². The first kappa shape index (κ1) is 16.7. The minimum Gasteiger partial charge on any atom is -0.457 e. The number of hydrogen-bond acceptors (Lipinski definition) is 4. The van der Waals surface area contributed by atoms with Gasteiger partial charge < -0.3 is 15.2 Å². The van der Waals surface area contributed by atoms with Gasteiger partial charge in [0, 0.05) is 11.3 Å². The van der Waals surface area contributed by atoms with E-state index in [4.69, 9.17) is 9.84 Å². The van der Waals surface area contributed by atoms with Crippen LogP contribution in [0.25, 0.3) is 0 Å². The summed E-state index contributed by atoms with van der Waals surface area (Å²) in [6.07, 6.45) is 0. The number of anilines is 1. The summed E-state index contributed by atoms with van der Waals surface area (Å²) in [5.41, 5.74) is 2.23. The molecule has 126 valence electrons. The molecule has 0 spiro atoms. The summed E-state index contributed by atoms with van der Waals surface area (Å²) < 4.78 is 5.72. The molecular formula is C21H19NO3. The molecular weight excluding hydrogens is 314 g/mol. The first-order chi connectivity index (χ1) is 12.2. The Morgan fingerprint density at radius 3 is 2.32 bits per heavy atom. The molecule has 0 amide bonds. The van der Waals surface area contributed by atoms with Gasteiger partial charge in [-0.05, 0) is 54.1 Å². The molecule has 2 N–H and O–H groups in total. The van der Waals surface area contributed by atoms with Crippen molar-refractivity contribution in [3.8, 4) is 11.5 Å². The number of carbonyl (C=O) groups is 1. The second-order valence-electron chi connectivity index (χ2n) is 5.57. The van der Waals surface area contributed by atoms with Crippen molar-refractivity contribution in [2.24, 2.45) is 0 Å². The number of ketones is 1. The second-order valence-corrected chi connectivity index (χ2v) is 5.57. The fourth-order valence-electron chi connectivity index (χ4n) is 2.40. The standard InChI is InChI=1S/C21H19NO3/c23-15-16-5-4-6-18(13-16)22-14-21(24)17-9-11-20(12-10-17)25-19-7-2-1-3-8-19/h1-13,22-23H,14-15H2. The van der Waals surface area contributed by atoms with Gasteiger partial charge in [-0.2, -0.15) is 0 Å². The summed E-state index contributed by atoms with van der Waals surface area (Å²) >= 11 is 0. The lowest BCUT2D eigenvalue weighted by molar-refractivity contribution is 0.101. The molecule has 0 bridgehead atoms. The number of Topliss-reactive ketones (excluding diaryl/α,β-unsaturated/α-hetero) is 1. The highest BCUT2D eigenvalue weighted by Gasteiger charge is 2.06. The summed E-state index contributed by atoms with van der Waals surface area (Å²) in [5, 5.41) is 12.2. The molecule has 0 aromatic heterocycles. The molecule has 0 unspecified atom stereocenters. The third kappa shape index (κ3) is 4.68. The lowest BCUT2D eigenvalue weighted by Crippen LogP contribution is -2.14. The topological polar surface area (TPSA) is 58.6 Å². The van der Waals surface area contributed by atoms with Gasteiger partial charge in [0.05, 0.1) is 13.2 Å². The molecule has 4 heteroatoms. The van der Waals surface area contributed by atoms with E-state index < -0.39 is 0 Å². The monoisotopic (exact) mass is 333 g/mol. The number of rotatable bonds is 7. The van der Waals surface area contributed by atoms with Crippen LogP contribution in [0.2, 0.25) is 0 Å². The van der Waals surface area contributed by atoms with Gasteiger partial charge in [0.15, 0.2) is 5.78 Å². The van der Waals surface area contributed by atoms with Crippen molar-refractivity contribution in [2.45, 2.75) is 6.61 Å². The Bertz CT molecular complexity index is 829. The molecule has 0 aliphatic carbocycles. The van der Waals surface area contributed by atoms with E-state index >= 15 is 0 Å². The fraction of sp³-hybridized carbons (Fsp3) is 0.0952. The number of hydrogen-bond donors (Lipinski definition) is 2. The zero-order valence-electron chi connectivity index (χ0n) is 13.7. The molecule has 0 saturated heterocycles. The van der Waals surface area contributed by atoms with Crippen LogP contribution in [-0.4, -0.2) is 17.4 Å². The molecule has 0 atom stereocenters. The molecule has 4 nitrogen and oxygen atoms in total. The quantitative estimate of drug-likeness (QED) is 0.634. The van der Waals surface area contributed by atoms with Crippen molar-refractivity contribution in [3.05, 3.63) is 90.0 Å². The third-order valence-electron chi connectivity index (χ3n) is 3.72. The summed E-state index contributed by atoms with van der Waals surface area (Å²) in [4.78, 5) is 12.3. The first-order valence-corrected chi connectivity index (χ1v) is 8.04. The van der Waals surface area contributed by atoms with Gasteiger partial charge in [-0.1, -0.05) is 30.3 Å². The minimum atomic E-state index is -0.0215. The molecule has 3 aromatic carbocycles. The van der Waals surface area contributed by atoms with Crippen molar-refractivity contribution >= 4 is 11.5 Å². The normalized spacial score (nSPS) is 10.3. The molecule has 0 fully saturated rings. The van der Waals surface area contributed by atoms with Gasteiger partial charge in [-0.15, -0.1) is 0 Å². The Balaban J connectivity index is 1.58. The number of benzene rings is 3. The van der Waals surface area contributed by atoms with Gasteiger partial charge in [0.1, 0.15) is 11.5 Å². The second kappa shape index (κ2) is 8.13. The van der Waals surface area contributed by atoms with E-state index in [2.05, 4.69) is 5.32 Å². The molecule has 0 radical (unpaired) electrons. The van der Waals surface area contributed by atoms with Crippen LogP contribution in [0.1, 0.15) is 15.9 Å². The number of aliphatic hydroxyl groups is 1. The maximum Gasteiger partial charge on any atom is 0.181 e. The van der Waals surface area contributed by atoms with Crippen LogP contribution in [-0.2, 0) is 6.61 Å². The molecule has 0 saturated carbocycles. The van der Waals surface area contributed by atoms with E-state index in [1.54, 1.807) is 24.3 Å². The highest BCUT2D eigenvalue weighted by molar-refractivity contribution is 5.99. The average Bonchev–Trinajstić information content (AvgIpc) is 2.67. The van der Waals surface area contributed by atoms with Crippen molar-refractivity contribution in [3.63, 3.8) is 0 Å². The van der Waals surface area contributed by atoms with Crippen molar-refractivity contribution in [1.82, 2.24) is 0 Å². The number of para-hydroxylation sites is 1. The Morgan fingerprint density at radius 2 is 1.60 bits per heavy atom. The van der Waals surface area contributed by atoms with E-state index in [-0.39, 0.29) is 18.9 Å². The zero-order valence-corrected chi connectivity index (χ0v) is 13.7. The van der Waals surface area contributed by atoms with Crippen molar-refractivity contribution < 1.29 is 14.6 Å². The zero-order chi connectivity index (χ0) is 17.5. The third-order valence-corrected chi connectivity index (χ3v) is 3.72. The molecule has 0 aliphatic heterocycles. The molecule has 3 rings (SSSR count). The van der Waals surface area contributed by atoms with E-state index in [0.717, 1.165) is 17.0 Å².